The Labute approximate surface area is 170 Å². The van der Waals surface area contributed by atoms with Gasteiger partial charge in [0.1, 0.15) is 5.75 Å². The number of anilines is 1. The first-order chi connectivity index (χ1) is 13.9. The molecule has 3 rings (SSSR count). The summed E-state index contributed by atoms with van der Waals surface area (Å²) in [7, 11) is 1.30. The van der Waals surface area contributed by atoms with Gasteiger partial charge in [-0.25, -0.2) is 4.79 Å². The van der Waals surface area contributed by atoms with Crippen molar-refractivity contribution in [1.82, 2.24) is 0 Å². The minimum atomic E-state index is -0.534. The number of esters is 2. The quantitative estimate of drug-likeness (QED) is 0.547. The average molecular weight is 395 g/mol. The second-order valence-electron chi connectivity index (χ2n) is 7.21. The second kappa shape index (κ2) is 8.90. The number of carbonyl (C=O) groups is 3. The molecular formula is C23H25NO5. The molecule has 0 aliphatic carbocycles. The van der Waals surface area contributed by atoms with Crippen LogP contribution in [0.25, 0.3) is 0 Å². The van der Waals surface area contributed by atoms with Crippen molar-refractivity contribution in [2.75, 3.05) is 18.6 Å². The lowest BCUT2D eigenvalue weighted by Crippen LogP contribution is -2.28. The molecule has 1 fully saturated rings. The summed E-state index contributed by atoms with van der Waals surface area (Å²) in [5, 5.41) is 0. The van der Waals surface area contributed by atoms with E-state index in [1.807, 2.05) is 24.3 Å². The predicted octanol–water partition coefficient (Wildman–Crippen LogP) is 3.95. The molecule has 2 aromatic rings. The van der Waals surface area contributed by atoms with Crippen LogP contribution < -0.4 is 9.64 Å². The Morgan fingerprint density at radius 1 is 1.14 bits per heavy atom. The maximum Gasteiger partial charge on any atom is 0.337 e. The van der Waals surface area contributed by atoms with Gasteiger partial charge in [0.25, 0.3) is 0 Å². The Bertz CT molecular complexity index is 906. The van der Waals surface area contributed by atoms with Crippen LogP contribution in [-0.2, 0) is 14.3 Å². The second-order valence-corrected chi connectivity index (χ2v) is 7.21. The van der Waals surface area contributed by atoms with E-state index < -0.39 is 17.9 Å². The normalized spacial score (nSPS) is 17.1. The number of rotatable bonds is 6. The van der Waals surface area contributed by atoms with Crippen LogP contribution in [-0.4, -0.2) is 31.5 Å². The first-order valence-corrected chi connectivity index (χ1v) is 9.74. The predicted molar refractivity (Wildman–Crippen MR) is 109 cm³/mol. The van der Waals surface area contributed by atoms with E-state index in [0.29, 0.717) is 23.8 Å². The fraction of sp³-hybridized carbons (Fsp3) is 0.348. The van der Waals surface area contributed by atoms with Gasteiger partial charge in [-0.3, -0.25) is 9.59 Å². The van der Waals surface area contributed by atoms with E-state index in [1.54, 1.807) is 4.90 Å². The van der Waals surface area contributed by atoms with Crippen molar-refractivity contribution in [1.29, 1.82) is 0 Å². The molecule has 2 aromatic carbocycles. The highest BCUT2D eigenvalue weighted by molar-refractivity contribution is 6.00. The molecule has 0 aromatic heterocycles. The number of carbonyl (C=O) groups excluding carboxylic acids is 3. The first-order valence-electron chi connectivity index (χ1n) is 9.74. The highest BCUT2D eigenvalue weighted by Gasteiger charge is 2.37. The van der Waals surface area contributed by atoms with Gasteiger partial charge in [0.2, 0.25) is 5.91 Å². The largest absolute Gasteiger partial charge is 0.465 e. The van der Waals surface area contributed by atoms with Crippen LogP contribution in [0.3, 0.4) is 0 Å². The lowest BCUT2D eigenvalue weighted by Gasteiger charge is -2.23. The van der Waals surface area contributed by atoms with E-state index in [2.05, 4.69) is 18.6 Å². The van der Waals surface area contributed by atoms with Crippen LogP contribution in [0.1, 0.15) is 48.5 Å². The molecule has 1 saturated heterocycles. The van der Waals surface area contributed by atoms with E-state index in [-0.39, 0.29) is 12.3 Å². The molecule has 2 atom stereocenters. The van der Waals surface area contributed by atoms with E-state index in [9.17, 15) is 14.4 Å². The zero-order chi connectivity index (χ0) is 21.0. The number of ether oxygens (including phenoxy) is 2. The number of benzene rings is 2. The highest BCUT2D eigenvalue weighted by atomic mass is 16.5. The Balaban J connectivity index is 1.70. The summed E-state index contributed by atoms with van der Waals surface area (Å²) in [4.78, 5) is 38.4. The third-order valence-electron chi connectivity index (χ3n) is 5.32. The molecule has 29 heavy (non-hydrogen) atoms. The zero-order valence-corrected chi connectivity index (χ0v) is 16.9. The Kier molecular flexibility index (Phi) is 6.32. The van der Waals surface area contributed by atoms with Crippen LogP contribution in [0.2, 0.25) is 0 Å². The summed E-state index contributed by atoms with van der Waals surface area (Å²) in [6.07, 6.45) is 1.08. The molecule has 0 N–H and O–H groups in total. The smallest absolute Gasteiger partial charge is 0.337 e. The van der Waals surface area contributed by atoms with Crippen molar-refractivity contribution >= 4 is 23.5 Å². The van der Waals surface area contributed by atoms with Gasteiger partial charge in [-0.15, -0.1) is 0 Å². The third kappa shape index (κ3) is 4.47. The number of para-hydroxylation sites is 1. The van der Waals surface area contributed by atoms with Gasteiger partial charge < -0.3 is 14.4 Å². The summed E-state index contributed by atoms with van der Waals surface area (Å²) in [6, 6.07) is 14.0. The topological polar surface area (TPSA) is 72.9 Å². The number of amides is 1. The van der Waals surface area contributed by atoms with Gasteiger partial charge in [0.15, 0.2) is 0 Å². The molecule has 152 valence electrons. The minimum Gasteiger partial charge on any atom is -0.465 e. The minimum absolute atomic E-state index is 0.0799. The Morgan fingerprint density at radius 3 is 2.48 bits per heavy atom. The lowest BCUT2D eigenvalue weighted by atomic mass is 9.96. The van der Waals surface area contributed by atoms with Crippen molar-refractivity contribution < 1.29 is 23.9 Å². The molecule has 0 saturated carbocycles. The van der Waals surface area contributed by atoms with Crippen molar-refractivity contribution in [3.8, 4) is 5.75 Å². The summed E-state index contributed by atoms with van der Waals surface area (Å²) in [5.41, 5.74) is 2.34. The van der Waals surface area contributed by atoms with Crippen molar-refractivity contribution in [2.45, 2.75) is 32.6 Å². The molecule has 1 heterocycles. The lowest BCUT2D eigenvalue weighted by molar-refractivity contribution is -0.139. The SMILES string of the molecule is CC[C@H](C)c1ccccc1N1C[C@@H](C(=O)Oc2ccc(C(=O)OC)cc2)CC1=O. The number of hydrogen-bond acceptors (Lipinski definition) is 5. The molecule has 0 bridgehead atoms. The third-order valence-corrected chi connectivity index (χ3v) is 5.32. The molecule has 0 unspecified atom stereocenters. The van der Waals surface area contributed by atoms with Crippen LogP contribution in [0.5, 0.6) is 5.75 Å². The summed E-state index contributed by atoms with van der Waals surface area (Å²) in [5.74, 6) is -0.879. The monoisotopic (exact) mass is 395 g/mol. The summed E-state index contributed by atoms with van der Waals surface area (Å²) < 4.78 is 10.1. The average Bonchev–Trinajstić information content (AvgIpc) is 3.14. The fourth-order valence-electron chi connectivity index (χ4n) is 3.44. The van der Waals surface area contributed by atoms with Gasteiger partial charge in [0, 0.05) is 18.7 Å². The van der Waals surface area contributed by atoms with Crippen LogP contribution in [0.15, 0.2) is 48.5 Å². The van der Waals surface area contributed by atoms with Crippen molar-refractivity contribution in [3.05, 3.63) is 59.7 Å². The van der Waals surface area contributed by atoms with Gasteiger partial charge in [-0.2, -0.15) is 0 Å². The van der Waals surface area contributed by atoms with E-state index in [4.69, 9.17) is 4.74 Å². The Morgan fingerprint density at radius 2 is 1.83 bits per heavy atom. The molecule has 1 aliphatic rings. The molecule has 6 nitrogen and oxygen atoms in total. The van der Waals surface area contributed by atoms with Crippen LogP contribution >= 0.6 is 0 Å². The molecule has 6 heteroatoms. The van der Waals surface area contributed by atoms with Gasteiger partial charge in [-0.05, 0) is 48.2 Å². The molecule has 0 spiro atoms. The van der Waals surface area contributed by atoms with E-state index in [0.717, 1.165) is 17.7 Å². The van der Waals surface area contributed by atoms with E-state index >= 15 is 0 Å². The number of hydrogen-bond donors (Lipinski definition) is 0. The van der Waals surface area contributed by atoms with Gasteiger partial charge >= 0.3 is 11.9 Å². The molecule has 1 aliphatic heterocycles. The molecular weight excluding hydrogens is 370 g/mol. The maximum atomic E-state index is 12.6. The number of methoxy groups -OCH3 is 1. The summed E-state index contributed by atoms with van der Waals surface area (Å²) >= 11 is 0. The fourth-order valence-corrected chi connectivity index (χ4v) is 3.44. The maximum absolute atomic E-state index is 12.6. The van der Waals surface area contributed by atoms with Gasteiger partial charge in [0.05, 0.1) is 18.6 Å². The zero-order valence-electron chi connectivity index (χ0n) is 16.9. The van der Waals surface area contributed by atoms with Gasteiger partial charge in [-0.1, -0.05) is 32.0 Å². The molecule has 0 radical (unpaired) electrons. The Hall–Kier alpha value is -3.15. The highest BCUT2D eigenvalue weighted by Crippen LogP contribution is 2.33. The first kappa shape index (κ1) is 20.6. The standard InChI is InChI=1S/C23H25NO5/c1-4-15(2)19-7-5-6-8-20(19)24-14-17(13-21(24)25)23(27)29-18-11-9-16(10-12-18)22(26)28-3/h5-12,15,17H,4,13-14H2,1-3H3/t15-,17-/m0/s1. The van der Waals surface area contributed by atoms with Crippen molar-refractivity contribution in [3.63, 3.8) is 0 Å². The van der Waals surface area contributed by atoms with E-state index in [1.165, 1.54) is 31.4 Å². The molecule has 1 amide bonds. The summed E-state index contributed by atoms with van der Waals surface area (Å²) in [6.45, 7) is 4.54. The van der Waals surface area contributed by atoms with Crippen LogP contribution in [0.4, 0.5) is 5.69 Å². The van der Waals surface area contributed by atoms with Crippen molar-refractivity contribution in [2.24, 2.45) is 5.92 Å². The van der Waals surface area contributed by atoms with Crippen LogP contribution in [0, 0.1) is 5.92 Å². The number of nitrogens with zero attached hydrogens (tertiary/aromatic N) is 1.